The Bertz CT molecular complexity index is 907. The molecule has 0 aromatic heterocycles. The lowest BCUT2D eigenvalue weighted by Gasteiger charge is -2.29. The molecule has 3 heteroatoms. The van der Waals surface area contributed by atoms with E-state index in [1.165, 1.54) is 45.6 Å². The maximum absolute atomic E-state index is 15.0. The molecule has 4 rings (SSSR count). The van der Waals surface area contributed by atoms with Crippen molar-refractivity contribution in [2.75, 3.05) is 7.11 Å². The average molecular weight is 397 g/mol. The van der Waals surface area contributed by atoms with Gasteiger partial charge in [-0.15, -0.1) is 0 Å². The Hall–Kier alpha value is -2.16. The molecule has 0 bridgehead atoms. The number of hydrogen-bond donors (Lipinski definition) is 0. The molecule has 0 atom stereocenters. The number of rotatable bonds is 5. The number of ether oxygens (including phenoxy) is 1. The summed E-state index contributed by atoms with van der Waals surface area (Å²) in [6, 6.07) is 9.28. The normalized spacial score (nSPS) is 21.4. The fraction of sp³-hybridized carbons (Fsp3) is 0.462. The van der Waals surface area contributed by atoms with Gasteiger partial charge in [-0.3, -0.25) is 0 Å². The molecule has 1 fully saturated rings. The molecule has 0 N–H and O–H groups in total. The molecule has 2 aromatic carbocycles. The van der Waals surface area contributed by atoms with E-state index in [0.29, 0.717) is 29.9 Å². The SMILES string of the molecule is CCCC1CCC(c2ccc(C3=Cc4ccc(OC)c(F)c4CC3)c(F)c2)CC1. The number of allylic oxidation sites excluding steroid dienone is 1. The van der Waals surface area contributed by atoms with Gasteiger partial charge in [0.15, 0.2) is 11.6 Å². The van der Waals surface area contributed by atoms with Crippen LogP contribution in [0.1, 0.15) is 80.0 Å². The van der Waals surface area contributed by atoms with Crippen molar-refractivity contribution in [3.63, 3.8) is 0 Å². The van der Waals surface area contributed by atoms with Gasteiger partial charge in [-0.25, -0.2) is 8.78 Å². The largest absolute Gasteiger partial charge is 0.494 e. The van der Waals surface area contributed by atoms with Crippen molar-refractivity contribution in [1.82, 2.24) is 0 Å². The van der Waals surface area contributed by atoms with Crippen LogP contribution in [0.5, 0.6) is 5.75 Å². The Kier molecular flexibility index (Phi) is 6.03. The Labute approximate surface area is 172 Å². The molecular weight excluding hydrogens is 366 g/mol. The zero-order chi connectivity index (χ0) is 20.4. The summed E-state index contributed by atoms with van der Waals surface area (Å²) in [5, 5.41) is 0. The van der Waals surface area contributed by atoms with Crippen LogP contribution in [0.15, 0.2) is 30.3 Å². The first-order valence-electron chi connectivity index (χ1n) is 11.0. The minimum Gasteiger partial charge on any atom is -0.494 e. The summed E-state index contributed by atoms with van der Waals surface area (Å²) in [6.07, 6.45) is 10.6. The molecule has 2 aliphatic carbocycles. The van der Waals surface area contributed by atoms with Crippen molar-refractivity contribution >= 4 is 11.6 Å². The van der Waals surface area contributed by atoms with Gasteiger partial charge in [-0.05, 0) is 84.8 Å². The van der Waals surface area contributed by atoms with E-state index >= 15 is 4.39 Å². The van der Waals surface area contributed by atoms with Crippen molar-refractivity contribution in [3.05, 3.63) is 64.2 Å². The maximum Gasteiger partial charge on any atom is 0.168 e. The summed E-state index contributed by atoms with van der Waals surface area (Å²) in [7, 11) is 1.47. The highest BCUT2D eigenvalue weighted by Gasteiger charge is 2.24. The fourth-order valence-electron chi connectivity index (χ4n) is 5.13. The van der Waals surface area contributed by atoms with Crippen LogP contribution in [0.2, 0.25) is 0 Å². The zero-order valence-electron chi connectivity index (χ0n) is 17.4. The van der Waals surface area contributed by atoms with E-state index in [2.05, 4.69) is 13.0 Å². The Balaban J connectivity index is 1.54. The van der Waals surface area contributed by atoms with Crippen LogP contribution < -0.4 is 4.74 Å². The summed E-state index contributed by atoms with van der Waals surface area (Å²) < 4.78 is 34.6. The summed E-state index contributed by atoms with van der Waals surface area (Å²) in [6.45, 7) is 2.25. The van der Waals surface area contributed by atoms with Crippen molar-refractivity contribution in [1.29, 1.82) is 0 Å². The molecule has 0 saturated heterocycles. The maximum atomic E-state index is 15.0. The first kappa shape index (κ1) is 20.1. The van der Waals surface area contributed by atoms with Crippen molar-refractivity contribution in [3.8, 4) is 5.75 Å². The summed E-state index contributed by atoms with van der Waals surface area (Å²) >= 11 is 0. The van der Waals surface area contributed by atoms with Gasteiger partial charge in [0.1, 0.15) is 5.82 Å². The first-order valence-corrected chi connectivity index (χ1v) is 11.0. The van der Waals surface area contributed by atoms with Crippen LogP contribution in [-0.2, 0) is 6.42 Å². The standard InChI is InChI=1S/C26H30F2O/c1-3-4-17-5-7-18(8-6-17)19-9-12-22(24(27)16-19)20-10-13-23-21(15-20)11-14-25(29-2)26(23)28/h9,11-12,14-18H,3-8,10,13H2,1-2H3. The molecule has 1 nitrogen and oxygen atoms in total. The van der Waals surface area contributed by atoms with Crippen molar-refractivity contribution in [2.45, 2.75) is 64.2 Å². The number of benzene rings is 2. The highest BCUT2D eigenvalue weighted by molar-refractivity contribution is 5.85. The molecule has 2 aliphatic rings. The van der Waals surface area contributed by atoms with E-state index in [-0.39, 0.29) is 17.4 Å². The van der Waals surface area contributed by atoms with Gasteiger partial charge >= 0.3 is 0 Å². The number of methoxy groups -OCH3 is 1. The highest BCUT2D eigenvalue weighted by atomic mass is 19.1. The van der Waals surface area contributed by atoms with Gasteiger partial charge in [-0.1, -0.05) is 44.0 Å². The Morgan fingerprint density at radius 2 is 1.79 bits per heavy atom. The minimum absolute atomic E-state index is 0.151. The third-order valence-corrected chi connectivity index (χ3v) is 6.79. The molecule has 0 radical (unpaired) electrons. The predicted octanol–water partition coefficient (Wildman–Crippen LogP) is 7.53. The molecule has 154 valence electrons. The van der Waals surface area contributed by atoms with E-state index in [1.807, 2.05) is 18.2 Å². The lowest BCUT2D eigenvalue weighted by atomic mass is 9.77. The summed E-state index contributed by atoms with van der Waals surface area (Å²) in [4.78, 5) is 0. The Morgan fingerprint density at radius 1 is 1.00 bits per heavy atom. The van der Waals surface area contributed by atoms with E-state index in [0.717, 1.165) is 22.6 Å². The van der Waals surface area contributed by atoms with Crippen LogP contribution in [0.4, 0.5) is 8.78 Å². The molecular formula is C26H30F2O. The highest BCUT2D eigenvalue weighted by Crippen LogP contribution is 2.40. The van der Waals surface area contributed by atoms with Gasteiger partial charge < -0.3 is 4.74 Å². The molecule has 29 heavy (non-hydrogen) atoms. The van der Waals surface area contributed by atoms with Crippen molar-refractivity contribution in [2.24, 2.45) is 5.92 Å². The molecule has 0 heterocycles. The predicted molar refractivity (Wildman–Crippen MR) is 115 cm³/mol. The topological polar surface area (TPSA) is 9.23 Å². The monoisotopic (exact) mass is 396 g/mol. The second kappa shape index (κ2) is 8.69. The summed E-state index contributed by atoms with van der Waals surface area (Å²) in [5.41, 5.74) is 4.21. The van der Waals surface area contributed by atoms with E-state index < -0.39 is 0 Å². The lowest BCUT2D eigenvalue weighted by Crippen LogP contribution is -2.13. The quantitative estimate of drug-likeness (QED) is 0.507. The molecule has 1 saturated carbocycles. The van der Waals surface area contributed by atoms with Crippen LogP contribution in [0.25, 0.3) is 11.6 Å². The van der Waals surface area contributed by atoms with Gasteiger partial charge in [0.05, 0.1) is 7.11 Å². The van der Waals surface area contributed by atoms with Crippen molar-refractivity contribution < 1.29 is 13.5 Å². The third kappa shape index (κ3) is 4.10. The Morgan fingerprint density at radius 3 is 2.48 bits per heavy atom. The fourth-order valence-corrected chi connectivity index (χ4v) is 5.13. The molecule has 0 spiro atoms. The minimum atomic E-state index is -0.296. The molecule has 0 amide bonds. The third-order valence-electron chi connectivity index (χ3n) is 6.79. The number of halogens is 2. The van der Waals surface area contributed by atoms with Gasteiger partial charge in [0, 0.05) is 5.56 Å². The smallest absolute Gasteiger partial charge is 0.168 e. The molecule has 0 unspecified atom stereocenters. The first-order chi connectivity index (χ1) is 14.1. The van der Waals surface area contributed by atoms with Crippen LogP contribution in [0.3, 0.4) is 0 Å². The van der Waals surface area contributed by atoms with Gasteiger partial charge in [0.2, 0.25) is 0 Å². The van der Waals surface area contributed by atoms with Gasteiger partial charge in [0.25, 0.3) is 0 Å². The van der Waals surface area contributed by atoms with Crippen LogP contribution in [0, 0.1) is 17.6 Å². The average Bonchev–Trinajstić information content (AvgIpc) is 2.74. The van der Waals surface area contributed by atoms with Crippen LogP contribution in [-0.4, -0.2) is 7.11 Å². The zero-order valence-corrected chi connectivity index (χ0v) is 17.4. The van der Waals surface area contributed by atoms with E-state index in [1.54, 1.807) is 12.1 Å². The second-order valence-corrected chi connectivity index (χ2v) is 8.56. The second-order valence-electron chi connectivity index (χ2n) is 8.56. The number of hydrogen-bond acceptors (Lipinski definition) is 1. The molecule has 0 aliphatic heterocycles. The van der Waals surface area contributed by atoms with E-state index in [9.17, 15) is 4.39 Å². The molecule has 2 aromatic rings. The lowest BCUT2D eigenvalue weighted by molar-refractivity contribution is 0.308. The van der Waals surface area contributed by atoms with Crippen LogP contribution >= 0.6 is 0 Å². The van der Waals surface area contributed by atoms with E-state index in [4.69, 9.17) is 4.74 Å². The van der Waals surface area contributed by atoms with Gasteiger partial charge in [-0.2, -0.15) is 0 Å². The number of fused-ring (bicyclic) bond motifs is 1. The summed E-state index contributed by atoms with van der Waals surface area (Å²) in [5.74, 6) is 1.16.